The lowest BCUT2D eigenvalue weighted by molar-refractivity contribution is -0.137. The Morgan fingerprint density at radius 3 is 2.29 bits per heavy atom. The molecule has 0 spiro atoms. The van der Waals surface area contributed by atoms with Crippen LogP contribution in [0.15, 0.2) is 54.6 Å². The molecular weight excluding hydrogens is 400 g/mol. The molecule has 2 aromatic rings. The maximum absolute atomic E-state index is 12.8. The van der Waals surface area contributed by atoms with Gasteiger partial charge >= 0.3 is 18.0 Å². The number of carbonyl (C=O) groups excluding carboxylic acids is 3. The van der Waals surface area contributed by atoms with E-state index < -0.39 is 24.0 Å². The second kappa shape index (κ2) is 11.4. The molecule has 0 radical (unpaired) electrons. The number of nitrogens with one attached hydrogen (secondary N) is 2. The maximum atomic E-state index is 12.8. The lowest BCUT2D eigenvalue weighted by Gasteiger charge is -2.21. The van der Waals surface area contributed by atoms with Gasteiger partial charge in [-0.25, -0.2) is 14.4 Å². The van der Waals surface area contributed by atoms with Crippen molar-refractivity contribution in [3.8, 4) is 11.5 Å². The third-order valence-corrected chi connectivity index (χ3v) is 4.25. The highest BCUT2D eigenvalue weighted by atomic mass is 16.6. The molecule has 1 unspecified atom stereocenters. The number of ether oxygens (including phenoxy) is 3. The quantitative estimate of drug-likeness (QED) is 0.380. The molecule has 2 N–H and O–H groups in total. The summed E-state index contributed by atoms with van der Waals surface area (Å²) in [6.45, 7) is 3.60. The van der Waals surface area contributed by atoms with Crippen molar-refractivity contribution in [3.05, 3.63) is 60.2 Å². The first kappa shape index (κ1) is 23.5. The largest absolute Gasteiger partial charge is 0.493 e. The first-order chi connectivity index (χ1) is 14.8. The minimum Gasteiger partial charge on any atom is -0.493 e. The Morgan fingerprint density at radius 2 is 1.68 bits per heavy atom. The van der Waals surface area contributed by atoms with E-state index in [1.54, 1.807) is 62.4 Å². The molecule has 31 heavy (non-hydrogen) atoms. The van der Waals surface area contributed by atoms with Gasteiger partial charge < -0.3 is 24.8 Å². The van der Waals surface area contributed by atoms with Crippen LogP contribution in [0.2, 0.25) is 0 Å². The summed E-state index contributed by atoms with van der Waals surface area (Å²) in [5.74, 6) is -0.846. The van der Waals surface area contributed by atoms with E-state index in [0.717, 1.165) is 0 Å². The van der Waals surface area contributed by atoms with Crippen LogP contribution >= 0.6 is 0 Å². The van der Waals surface area contributed by atoms with Crippen LogP contribution in [-0.2, 0) is 14.3 Å². The van der Waals surface area contributed by atoms with Crippen LogP contribution in [0.5, 0.6) is 11.5 Å². The summed E-state index contributed by atoms with van der Waals surface area (Å²) in [7, 11) is 2.72. The van der Waals surface area contributed by atoms with E-state index in [9.17, 15) is 14.4 Å². The fourth-order valence-electron chi connectivity index (χ4n) is 2.60. The van der Waals surface area contributed by atoms with Gasteiger partial charge in [-0.1, -0.05) is 38.1 Å². The third-order valence-electron chi connectivity index (χ3n) is 4.25. The summed E-state index contributed by atoms with van der Waals surface area (Å²) in [4.78, 5) is 36.3. The number of hydrogen-bond acceptors (Lipinski definition) is 6. The fraction of sp³-hybridized carbons (Fsp3) is 0.261. The highest BCUT2D eigenvalue weighted by Crippen LogP contribution is 2.29. The number of hydrogen-bond donors (Lipinski definition) is 2. The number of esters is 2. The number of amides is 2. The van der Waals surface area contributed by atoms with Crippen molar-refractivity contribution < 1.29 is 28.6 Å². The monoisotopic (exact) mass is 426 g/mol. The smallest absolute Gasteiger partial charge is 0.334 e. The molecule has 0 saturated heterocycles. The normalized spacial score (nSPS) is 11.6. The summed E-state index contributed by atoms with van der Waals surface area (Å²) in [6.07, 6.45) is 2.82. The molecular formula is C23H26N2O6. The first-order valence-corrected chi connectivity index (χ1v) is 9.62. The topological polar surface area (TPSA) is 103 Å². The van der Waals surface area contributed by atoms with E-state index in [1.165, 1.54) is 20.3 Å². The summed E-state index contributed by atoms with van der Waals surface area (Å²) in [6, 6.07) is 12.3. The van der Waals surface area contributed by atoms with Gasteiger partial charge in [0.05, 0.1) is 14.2 Å². The molecule has 0 bridgehead atoms. The number of urea groups is 1. The minimum atomic E-state index is -0.882. The molecule has 0 aliphatic carbocycles. The second-order valence-corrected chi connectivity index (χ2v) is 6.87. The van der Waals surface area contributed by atoms with E-state index in [0.29, 0.717) is 17.0 Å². The second-order valence-electron chi connectivity index (χ2n) is 6.87. The zero-order valence-corrected chi connectivity index (χ0v) is 17.9. The first-order valence-electron chi connectivity index (χ1n) is 9.62. The van der Waals surface area contributed by atoms with E-state index in [2.05, 4.69) is 15.4 Å². The number of rotatable bonds is 8. The van der Waals surface area contributed by atoms with Crippen LogP contribution in [0.1, 0.15) is 19.4 Å². The van der Waals surface area contributed by atoms with Crippen molar-refractivity contribution in [1.29, 1.82) is 0 Å². The maximum Gasteiger partial charge on any atom is 0.334 e. The molecule has 2 rings (SSSR count). The highest BCUT2D eigenvalue weighted by molar-refractivity contribution is 5.93. The van der Waals surface area contributed by atoms with Crippen LogP contribution in [0.4, 0.5) is 10.5 Å². The van der Waals surface area contributed by atoms with Crippen LogP contribution in [0.25, 0.3) is 6.08 Å². The van der Waals surface area contributed by atoms with Crippen molar-refractivity contribution in [2.45, 2.75) is 19.9 Å². The number of carbonyl (C=O) groups is 3. The number of benzene rings is 2. The zero-order valence-electron chi connectivity index (χ0n) is 17.9. The average molecular weight is 426 g/mol. The molecule has 0 fully saturated rings. The van der Waals surface area contributed by atoms with E-state index in [4.69, 9.17) is 9.47 Å². The highest BCUT2D eigenvalue weighted by Gasteiger charge is 2.27. The summed E-state index contributed by atoms with van der Waals surface area (Å²) < 4.78 is 15.3. The molecule has 0 aliphatic rings. The molecule has 0 aliphatic heterocycles. The molecule has 0 saturated carbocycles. The van der Waals surface area contributed by atoms with Crippen LogP contribution in [-0.4, -0.2) is 38.2 Å². The number of para-hydroxylation sites is 1. The molecule has 2 amide bonds. The Hall–Kier alpha value is -3.81. The summed E-state index contributed by atoms with van der Waals surface area (Å²) >= 11 is 0. The zero-order chi connectivity index (χ0) is 22.8. The van der Waals surface area contributed by atoms with E-state index in [1.807, 2.05) is 6.07 Å². The van der Waals surface area contributed by atoms with Crippen LogP contribution in [0, 0.1) is 5.92 Å². The Labute approximate surface area is 181 Å². The summed E-state index contributed by atoms with van der Waals surface area (Å²) in [5.41, 5.74) is 1.26. The Kier molecular flexibility index (Phi) is 8.63. The van der Waals surface area contributed by atoms with Crippen molar-refractivity contribution in [3.63, 3.8) is 0 Å². The molecule has 164 valence electrons. The van der Waals surface area contributed by atoms with E-state index in [-0.39, 0.29) is 11.7 Å². The molecule has 0 heterocycles. The van der Waals surface area contributed by atoms with Gasteiger partial charge in [0.1, 0.15) is 6.04 Å². The van der Waals surface area contributed by atoms with Crippen LogP contribution in [0.3, 0.4) is 0 Å². The van der Waals surface area contributed by atoms with Gasteiger partial charge in [-0.2, -0.15) is 0 Å². The Morgan fingerprint density at radius 1 is 0.968 bits per heavy atom. The minimum absolute atomic E-state index is 0.193. The van der Waals surface area contributed by atoms with Crippen molar-refractivity contribution >= 4 is 29.7 Å². The standard InChI is InChI=1S/C23H26N2O6/c1-15(2)21(25-23(28)24-17-8-6-5-7-9-17)22(27)31-18-12-10-16(14-19(18)29-3)11-13-20(26)30-4/h5-15,21H,1-4H3,(H2,24,25,28)/b13-11+. The van der Waals surface area contributed by atoms with Gasteiger partial charge in [0.15, 0.2) is 11.5 Å². The number of methoxy groups -OCH3 is 2. The average Bonchev–Trinajstić information content (AvgIpc) is 2.76. The number of anilines is 1. The molecule has 1 atom stereocenters. The van der Waals surface area contributed by atoms with E-state index >= 15 is 0 Å². The summed E-state index contributed by atoms with van der Waals surface area (Å²) in [5, 5.41) is 5.32. The molecule has 0 aromatic heterocycles. The Bertz CT molecular complexity index is 940. The van der Waals surface area contributed by atoms with Crippen molar-refractivity contribution in [1.82, 2.24) is 5.32 Å². The van der Waals surface area contributed by atoms with Crippen molar-refractivity contribution in [2.24, 2.45) is 5.92 Å². The third kappa shape index (κ3) is 7.18. The molecule has 8 heteroatoms. The van der Waals surface area contributed by atoms with Gasteiger partial charge in [-0.05, 0) is 41.8 Å². The lowest BCUT2D eigenvalue weighted by atomic mass is 10.0. The lowest BCUT2D eigenvalue weighted by Crippen LogP contribution is -2.48. The van der Waals surface area contributed by atoms with Gasteiger partial charge in [0, 0.05) is 11.8 Å². The predicted molar refractivity (Wildman–Crippen MR) is 117 cm³/mol. The Balaban J connectivity index is 2.10. The SMILES string of the molecule is COC(=O)/C=C/c1ccc(OC(=O)C(NC(=O)Nc2ccccc2)C(C)C)c(OC)c1. The van der Waals surface area contributed by atoms with Crippen molar-refractivity contribution in [2.75, 3.05) is 19.5 Å². The van der Waals surface area contributed by atoms with Gasteiger partial charge in [0.2, 0.25) is 0 Å². The fourth-order valence-corrected chi connectivity index (χ4v) is 2.60. The molecule has 8 nitrogen and oxygen atoms in total. The van der Waals surface area contributed by atoms with Crippen LogP contribution < -0.4 is 20.1 Å². The molecule has 2 aromatic carbocycles. The predicted octanol–water partition coefficient (Wildman–Crippen LogP) is 3.63. The van der Waals surface area contributed by atoms with Gasteiger partial charge in [-0.3, -0.25) is 0 Å². The van der Waals surface area contributed by atoms with Gasteiger partial charge in [0.25, 0.3) is 0 Å². The van der Waals surface area contributed by atoms with Gasteiger partial charge in [-0.15, -0.1) is 0 Å².